The third-order valence-electron chi connectivity index (χ3n) is 2.66. The molecule has 0 aliphatic carbocycles. The second-order valence-electron chi connectivity index (χ2n) is 4.01. The van der Waals surface area contributed by atoms with Gasteiger partial charge >= 0.3 is 0 Å². The SMILES string of the molecule is CCCOCC(O)c1cccc2ncccc12. The third-order valence-corrected chi connectivity index (χ3v) is 2.66. The van der Waals surface area contributed by atoms with E-state index in [1.165, 1.54) is 0 Å². The lowest BCUT2D eigenvalue weighted by atomic mass is 10.0. The number of ether oxygens (including phenoxy) is 1. The highest BCUT2D eigenvalue weighted by molar-refractivity contribution is 5.82. The number of benzene rings is 1. The molecule has 0 fully saturated rings. The Morgan fingerprint density at radius 2 is 2.18 bits per heavy atom. The van der Waals surface area contributed by atoms with E-state index in [1.807, 2.05) is 37.3 Å². The first-order chi connectivity index (χ1) is 8.33. The van der Waals surface area contributed by atoms with Crippen LogP contribution < -0.4 is 0 Å². The highest BCUT2D eigenvalue weighted by Crippen LogP contribution is 2.23. The van der Waals surface area contributed by atoms with Crippen molar-refractivity contribution in [1.29, 1.82) is 0 Å². The fourth-order valence-corrected chi connectivity index (χ4v) is 1.85. The topological polar surface area (TPSA) is 42.4 Å². The number of hydrogen-bond donors (Lipinski definition) is 1. The monoisotopic (exact) mass is 231 g/mol. The Labute approximate surface area is 101 Å². The van der Waals surface area contributed by atoms with Gasteiger partial charge in [-0.1, -0.05) is 25.1 Å². The van der Waals surface area contributed by atoms with E-state index in [-0.39, 0.29) is 0 Å². The third kappa shape index (κ3) is 2.81. The number of hydrogen-bond acceptors (Lipinski definition) is 3. The number of nitrogens with zero attached hydrogens (tertiary/aromatic N) is 1. The van der Waals surface area contributed by atoms with Gasteiger partial charge in [-0.05, 0) is 24.1 Å². The maximum Gasteiger partial charge on any atom is 0.103 e. The molecule has 17 heavy (non-hydrogen) atoms. The first kappa shape index (κ1) is 12.0. The van der Waals surface area contributed by atoms with E-state index in [4.69, 9.17) is 4.74 Å². The molecule has 1 atom stereocenters. The van der Waals surface area contributed by atoms with Crippen LogP contribution in [0, 0.1) is 0 Å². The van der Waals surface area contributed by atoms with E-state index in [2.05, 4.69) is 4.98 Å². The molecule has 1 heterocycles. The van der Waals surface area contributed by atoms with E-state index < -0.39 is 6.10 Å². The van der Waals surface area contributed by atoms with Crippen LogP contribution in [0.3, 0.4) is 0 Å². The maximum atomic E-state index is 10.1. The molecule has 2 rings (SSSR count). The zero-order valence-electron chi connectivity index (χ0n) is 9.97. The van der Waals surface area contributed by atoms with E-state index in [9.17, 15) is 5.11 Å². The van der Waals surface area contributed by atoms with Crippen molar-refractivity contribution in [3.63, 3.8) is 0 Å². The molecule has 1 aromatic heterocycles. The number of fused-ring (bicyclic) bond motifs is 1. The van der Waals surface area contributed by atoms with Gasteiger partial charge in [-0.25, -0.2) is 0 Å². The molecular formula is C14H17NO2. The average Bonchev–Trinajstić information content (AvgIpc) is 2.38. The molecule has 90 valence electrons. The molecule has 3 heteroatoms. The Morgan fingerprint density at radius 3 is 3.00 bits per heavy atom. The van der Waals surface area contributed by atoms with Gasteiger partial charge in [0.05, 0.1) is 12.1 Å². The van der Waals surface area contributed by atoms with Crippen LogP contribution in [-0.2, 0) is 4.74 Å². The first-order valence-electron chi connectivity index (χ1n) is 5.92. The van der Waals surface area contributed by atoms with Crippen molar-refractivity contribution in [2.75, 3.05) is 13.2 Å². The minimum atomic E-state index is -0.588. The molecule has 0 saturated carbocycles. The largest absolute Gasteiger partial charge is 0.386 e. The molecule has 1 N–H and O–H groups in total. The van der Waals surface area contributed by atoms with Gasteiger partial charge < -0.3 is 9.84 Å². The molecule has 0 bridgehead atoms. The first-order valence-corrected chi connectivity index (χ1v) is 5.92. The van der Waals surface area contributed by atoms with Crippen molar-refractivity contribution in [3.8, 4) is 0 Å². The fourth-order valence-electron chi connectivity index (χ4n) is 1.85. The molecule has 1 unspecified atom stereocenters. The van der Waals surface area contributed by atoms with Crippen LogP contribution in [0.2, 0.25) is 0 Å². The lowest BCUT2D eigenvalue weighted by Crippen LogP contribution is -2.08. The van der Waals surface area contributed by atoms with Crippen molar-refractivity contribution in [2.24, 2.45) is 0 Å². The fraction of sp³-hybridized carbons (Fsp3) is 0.357. The second kappa shape index (κ2) is 5.75. The van der Waals surface area contributed by atoms with Crippen molar-refractivity contribution in [3.05, 3.63) is 42.1 Å². The summed E-state index contributed by atoms with van der Waals surface area (Å²) in [5, 5.41) is 11.1. The van der Waals surface area contributed by atoms with Gasteiger partial charge in [-0.15, -0.1) is 0 Å². The van der Waals surface area contributed by atoms with Gasteiger partial charge in [0.25, 0.3) is 0 Å². The Bertz CT molecular complexity index is 479. The van der Waals surface area contributed by atoms with Crippen LogP contribution in [0.25, 0.3) is 10.9 Å². The zero-order valence-corrected chi connectivity index (χ0v) is 9.97. The molecule has 3 nitrogen and oxygen atoms in total. The molecule has 0 saturated heterocycles. The minimum Gasteiger partial charge on any atom is -0.386 e. The van der Waals surface area contributed by atoms with Crippen LogP contribution in [0.15, 0.2) is 36.5 Å². The molecule has 0 aliphatic heterocycles. The van der Waals surface area contributed by atoms with Crippen molar-refractivity contribution in [2.45, 2.75) is 19.4 Å². The Morgan fingerprint density at radius 1 is 1.29 bits per heavy atom. The van der Waals surface area contributed by atoms with E-state index in [0.717, 1.165) is 22.9 Å². The molecule has 1 aromatic carbocycles. The highest BCUT2D eigenvalue weighted by Gasteiger charge is 2.11. The van der Waals surface area contributed by atoms with Gasteiger partial charge in [-0.2, -0.15) is 0 Å². The smallest absolute Gasteiger partial charge is 0.103 e. The zero-order chi connectivity index (χ0) is 12.1. The highest BCUT2D eigenvalue weighted by atomic mass is 16.5. The van der Waals surface area contributed by atoms with Crippen molar-refractivity contribution in [1.82, 2.24) is 4.98 Å². The van der Waals surface area contributed by atoms with Crippen LogP contribution in [0.1, 0.15) is 25.0 Å². The summed E-state index contributed by atoms with van der Waals surface area (Å²) in [6.45, 7) is 3.07. The predicted molar refractivity (Wildman–Crippen MR) is 67.8 cm³/mol. The normalized spacial score (nSPS) is 12.8. The molecule has 2 aromatic rings. The summed E-state index contributed by atoms with van der Waals surface area (Å²) >= 11 is 0. The van der Waals surface area contributed by atoms with Crippen molar-refractivity contribution < 1.29 is 9.84 Å². The number of aliphatic hydroxyl groups is 1. The van der Waals surface area contributed by atoms with Gasteiger partial charge in [0.1, 0.15) is 6.10 Å². The van der Waals surface area contributed by atoms with E-state index >= 15 is 0 Å². The number of aliphatic hydroxyl groups excluding tert-OH is 1. The van der Waals surface area contributed by atoms with Crippen LogP contribution in [0.4, 0.5) is 0 Å². The van der Waals surface area contributed by atoms with Gasteiger partial charge in [0.2, 0.25) is 0 Å². The lowest BCUT2D eigenvalue weighted by Gasteiger charge is -2.13. The van der Waals surface area contributed by atoms with Crippen LogP contribution in [-0.4, -0.2) is 23.3 Å². The molecule has 0 aliphatic rings. The minimum absolute atomic E-state index is 0.335. The summed E-state index contributed by atoms with van der Waals surface area (Å²) in [4.78, 5) is 4.27. The summed E-state index contributed by atoms with van der Waals surface area (Å²) < 4.78 is 5.38. The van der Waals surface area contributed by atoms with Crippen molar-refractivity contribution >= 4 is 10.9 Å². The van der Waals surface area contributed by atoms with Gasteiger partial charge in [0.15, 0.2) is 0 Å². The lowest BCUT2D eigenvalue weighted by molar-refractivity contribution is 0.0371. The molecular weight excluding hydrogens is 214 g/mol. The maximum absolute atomic E-state index is 10.1. The summed E-state index contributed by atoms with van der Waals surface area (Å²) in [7, 11) is 0. The molecule has 0 radical (unpaired) electrons. The summed E-state index contributed by atoms with van der Waals surface area (Å²) in [6, 6.07) is 9.63. The van der Waals surface area contributed by atoms with E-state index in [0.29, 0.717) is 13.2 Å². The Balaban J connectivity index is 2.22. The molecule has 0 spiro atoms. The average molecular weight is 231 g/mol. The summed E-state index contributed by atoms with van der Waals surface area (Å²) in [5.41, 5.74) is 1.78. The van der Waals surface area contributed by atoms with Gasteiger partial charge in [0, 0.05) is 18.2 Å². The molecule has 0 amide bonds. The second-order valence-corrected chi connectivity index (χ2v) is 4.01. The standard InChI is InChI=1S/C14H17NO2/c1-2-9-17-10-14(16)12-5-3-7-13-11(12)6-4-8-15-13/h3-8,14,16H,2,9-10H2,1H3. The summed E-state index contributed by atoms with van der Waals surface area (Å²) in [6.07, 6.45) is 2.13. The Kier molecular flexibility index (Phi) is 4.07. The summed E-state index contributed by atoms with van der Waals surface area (Å²) in [5.74, 6) is 0. The quantitative estimate of drug-likeness (QED) is 0.804. The van der Waals surface area contributed by atoms with Crippen LogP contribution >= 0.6 is 0 Å². The van der Waals surface area contributed by atoms with Crippen LogP contribution in [0.5, 0.6) is 0 Å². The number of pyridine rings is 1. The number of rotatable bonds is 5. The number of aromatic nitrogens is 1. The predicted octanol–water partition coefficient (Wildman–Crippen LogP) is 2.69. The van der Waals surface area contributed by atoms with Gasteiger partial charge in [-0.3, -0.25) is 4.98 Å². The van der Waals surface area contributed by atoms with E-state index in [1.54, 1.807) is 6.20 Å². The Hall–Kier alpha value is -1.45.